The van der Waals surface area contributed by atoms with Gasteiger partial charge < -0.3 is 15.2 Å². The quantitative estimate of drug-likeness (QED) is 0.432. The first-order chi connectivity index (χ1) is 16.4. The number of anilines is 2. The number of carbonyl (C=O) groups is 1. The molecule has 0 aromatic heterocycles. The highest BCUT2D eigenvalue weighted by Crippen LogP contribution is 2.50. The van der Waals surface area contributed by atoms with Crippen LogP contribution >= 0.6 is 0 Å². The predicted octanol–water partition coefficient (Wildman–Crippen LogP) is 5.02. The Morgan fingerprint density at radius 2 is 1.82 bits per heavy atom. The molecule has 2 aliphatic rings. The van der Waals surface area contributed by atoms with Gasteiger partial charge in [-0.15, -0.1) is 0 Å². The van der Waals surface area contributed by atoms with Crippen molar-refractivity contribution in [1.29, 1.82) is 0 Å². The Morgan fingerprint density at radius 3 is 2.62 bits per heavy atom. The number of sulfonamides is 1. The average Bonchev–Trinajstić information content (AvgIpc) is 3.34. The van der Waals surface area contributed by atoms with E-state index in [9.17, 15) is 18.3 Å². The van der Waals surface area contributed by atoms with Crippen LogP contribution in [-0.2, 0) is 10.0 Å². The van der Waals surface area contributed by atoms with Crippen LogP contribution in [0.2, 0.25) is 0 Å². The van der Waals surface area contributed by atoms with Crippen molar-refractivity contribution < 1.29 is 23.1 Å². The lowest BCUT2D eigenvalue weighted by molar-refractivity contribution is 0.0694. The van der Waals surface area contributed by atoms with Crippen molar-refractivity contribution in [2.75, 3.05) is 17.1 Å². The SMILES string of the molecule is COc1ccccc1NS(=O)(=O)c1ccc2c(c1)C1C=CCC1C(c1ccccc1C(=O)O)N2. The number of hydrogen-bond donors (Lipinski definition) is 3. The number of aromatic carboxylic acids is 1. The Kier molecular flexibility index (Phi) is 5.53. The van der Waals surface area contributed by atoms with E-state index in [0.717, 1.165) is 23.2 Å². The molecule has 174 valence electrons. The van der Waals surface area contributed by atoms with Gasteiger partial charge in [0.15, 0.2) is 0 Å². The van der Waals surface area contributed by atoms with E-state index in [4.69, 9.17) is 4.74 Å². The summed E-state index contributed by atoms with van der Waals surface area (Å²) in [4.78, 5) is 12.0. The lowest BCUT2D eigenvalue weighted by atomic mass is 9.76. The number of para-hydroxylation sites is 2. The van der Waals surface area contributed by atoms with E-state index in [1.807, 2.05) is 12.1 Å². The minimum Gasteiger partial charge on any atom is -0.495 e. The summed E-state index contributed by atoms with van der Waals surface area (Å²) in [5.74, 6) is -0.475. The zero-order valence-electron chi connectivity index (χ0n) is 18.4. The van der Waals surface area contributed by atoms with Crippen LogP contribution in [0.4, 0.5) is 11.4 Å². The molecule has 0 saturated heterocycles. The van der Waals surface area contributed by atoms with Gasteiger partial charge in [-0.3, -0.25) is 4.72 Å². The van der Waals surface area contributed by atoms with Gasteiger partial charge in [-0.05, 0) is 59.9 Å². The standard InChI is InChI=1S/C26H24N2O5S/c1-33-24-12-5-4-11-23(24)28-34(31,32)16-13-14-22-21(15-16)17-9-6-10-18(17)25(27-22)19-7-2-3-8-20(19)26(29)30/h2-9,11-15,17-18,25,27-28H,10H2,1H3,(H,29,30). The smallest absolute Gasteiger partial charge is 0.336 e. The molecule has 8 heteroatoms. The van der Waals surface area contributed by atoms with E-state index < -0.39 is 16.0 Å². The molecular formula is C26H24N2O5S. The minimum absolute atomic E-state index is 0.0236. The Morgan fingerprint density at radius 1 is 1.06 bits per heavy atom. The fourth-order valence-electron chi connectivity index (χ4n) is 4.94. The maximum atomic E-state index is 13.2. The number of carboxylic acids is 1. The molecule has 1 heterocycles. The van der Waals surface area contributed by atoms with Crippen LogP contribution in [-0.4, -0.2) is 26.6 Å². The molecule has 3 N–H and O–H groups in total. The van der Waals surface area contributed by atoms with Gasteiger partial charge in [0.1, 0.15) is 5.75 Å². The Balaban J connectivity index is 1.51. The molecule has 0 fully saturated rings. The third-order valence-corrected chi connectivity index (χ3v) is 7.89. The summed E-state index contributed by atoms with van der Waals surface area (Å²) in [5, 5.41) is 13.2. The van der Waals surface area contributed by atoms with Gasteiger partial charge in [0.2, 0.25) is 0 Å². The number of benzene rings is 3. The summed E-state index contributed by atoms with van der Waals surface area (Å²) in [6.07, 6.45) is 4.94. The van der Waals surface area contributed by atoms with Gasteiger partial charge in [-0.2, -0.15) is 0 Å². The fraction of sp³-hybridized carbons (Fsp3) is 0.192. The molecule has 1 aliphatic carbocycles. The van der Waals surface area contributed by atoms with Gasteiger partial charge in [-0.25, -0.2) is 13.2 Å². The Bertz CT molecular complexity index is 1400. The van der Waals surface area contributed by atoms with Crippen molar-refractivity contribution in [2.24, 2.45) is 5.92 Å². The molecular weight excluding hydrogens is 452 g/mol. The predicted molar refractivity (Wildman–Crippen MR) is 130 cm³/mol. The van der Waals surface area contributed by atoms with Crippen LogP contribution in [0.1, 0.15) is 39.9 Å². The number of hydrogen-bond acceptors (Lipinski definition) is 5. The first-order valence-electron chi connectivity index (χ1n) is 10.9. The number of carboxylic acid groups (broad SMARTS) is 1. The van der Waals surface area contributed by atoms with E-state index in [1.54, 1.807) is 54.6 Å². The van der Waals surface area contributed by atoms with E-state index in [1.165, 1.54) is 7.11 Å². The van der Waals surface area contributed by atoms with Gasteiger partial charge in [0, 0.05) is 11.6 Å². The molecule has 5 rings (SSSR count). The Labute approximate surface area is 198 Å². The highest BCUT2D eigenvalue weighted by Gasteiger charge is 2.39. The van der Waals surface area contributed by atoms with Crippen LogP contribution < -0.4 is 14.8 Å². The number of rotatable bonds is 6. The molecule has 3 aromatic carbocycles. The van der Waals surface area contributed by atoms with Gasteiger partial charge in [-0.1, -0.05) is 42.5 Å². The molecule has 0 bridgehead atoms. The summed E-state index contributed by atoms with van der Waals surface area (Å²) in [5.41, 5.74) is 3.05. The fourth-order valence-corrected chi connectivity index (χ4v) is 6.05. The molecule has 0 amide bonds. The van der Waals surface area contributed by atoms with E-state index in [2.05, 4.69) is 22.2 Å². The average molecular weight is 477 g/mol. The molecule has 3 aromatic rings. The maximum absolute atomic E-state index is 13.2. The molecule has 3 atom stereocenters. The van der Waals surface area contributed by atoms with Crippen LogP contribution in [0.5, 0.6) is 5.75 Å². The monoisotopic (exact) mass is 476 g/mol. The van der Waals surface area contributed by atoms with Crippen LogP contribution in [0.3, 0.4) is 0 Å². The first kappa shape index (κ1) is 22.0. The van der Waals surface area contributed by atoms with Crippen LogP contribution in [0.25, 0.3) is 0 Å². The normalized spacial score (nSPS) is 20.7. The number of methoxy groups -OCH3 is 1. The zero-order valence-corrected chi connectivity index (χ0v) is 19.2. The van der Waals surface area contributed by atoms with Gasteiger partial charge in [0.25, 0.3) is 10.0 Å². The topological polar surface area (TPSA) is 105 Å². The van der Waals surface area contributed by atoms with Gasteiger partial charge >= 0.3 is 5.97 Å². The van der Waals surface area contributed by atoms with Crippen molar-refractivity contribution in [3.8, 4) is 5.75 Å². The van der Waals surface area contributed by atoms with E-state index in [-0.39, 0.29) is 28.3 Å². The largest absolute Gasteiger partial charge is 0.495 e. The summed E-state index contributed by atoms with van der Waals surface area (Å²) in [7, 11) is -2.36. The Hall–Kier alpha value is -3.78. The molecule has 0 saturated carbocycles. The lowest BCUT2D eigenvalue weighted by Crippen LogP contribution is -2.30. The van der Waals surface area contributed by atoms with Crippen molar-refractivity contribution >= 4 is 27.4 Å². The zero-order chi connectivity index (χ0) is 23.9. The summed E-state index contributed by atoms with van der Waals surface area (Å²) >= 11 is 0. The summed E-state index contributed by atoms with van der Waals surface area (Å²) < 4.78 is 34.3. The summed E-state index contributed by atoms with van der Waals surface area (Å²) in [6, 6.07) is 18.7. The maximum Gasteiger partial charge on any atom is 0.336 e. The van der Waals surface area contributed by atoms with Crippen molar-refractivity contribution in [3.63, 3.8) is 0 Å². The minimum atomic E-state index is -3.85. The molecule has 34 heavy (non-hydrogen) atoms. The number of allylic oxidation sites excluding steroid dienone is 2. The number of nitrogens with one attached hydrogen (secondary N) is 2. The summed E-state index contributed by atoms with van der Waals surface area (Å²) in [6.45, 7) is 0. The molecule has 0 spiro atoms. The highest BCUT2D eigenvalue weighted by molar-refractivity contribution is 7.92. The van der Waals surface area contributed by atoms with Crippen molar-refractivity contribution in [2.45, 2.75) is 23.3 Å². The molecule has 1 aliphatic heterocycles. The molecule has 0 radical (unpaired) electrons. The van der Waals surface area contributed by atoms with Crippen molar-refractivity contribution in [1.82, 2.24) is 0 Å². The first-order valence-corrected chi connectivity index (χ1v) is 12.4. The number of ether oxygens (including phenoxy) is 1. The second-order valence-corrected chi connectivity index (χ2v) is 10.1. The highest BCUT2D eigenvalue weighted by atomic mass is 32.2. The molecule has 3 unspecified atom stereocenters. The van der Waals surface area contributed by atoms with E-state index >= 15 is 0 Å². The third kappa shape index (κ3) is 3.80. The van der Waals surface area contributed by atoms with Crippen LogP contribution in [0, 0.1) is 5.92 Å². The molecule has 7 nitrogen and oxygen atoms in total. The number of fused-ring (bicyclic) bond motifs is 3. The third-order valence-electron chi connectivity index (χ3n) is 6.52. The van der Waals surface area contributed by atoms with E-state index in [0.29, 0.717) is 11.4 Å². The lowest BCUT2D eigenvalue weighted by Gasteiger charge is -2.38. The second kappa shape index (κ2) is 8.53. The second-order valence-electron chi connectivity index (χ2n) is 8.42. The van der Waals surface area contributed by atoms with Crippen molar-refractivity contribution in [3.05, 3.63) is 95.6 Å². The van der Waals surface area contributed by atoms with Gasteiger partial charge in [0.05, 0.1) is 29.3 Å². The van der Waals surface area contributed by atoms with Crippen LogP contribution in [0.15, 0.2) is 83.8 Å².